The second-order valence-corrected chi connectivity index (χ2v) is 6.34. The number of likely N-dealkylation sites (tertiary alicyclic amines) is 1. The van der Waals surface area contributed by atoms with Crippen molar-refractivity contribution in [1.29, 1.82) is 0 Å². The van der Waals surface area contributed by atoms with Gasteiger partial charge in [0.2, 0.25) is 5.54 Å². The lowest BCUT2D eigenvalue weighted by atomic mass is 9.84. The average Bonchev–Trinajstić information content (AvgIpc) is 2.34. The SMILES string of the molecule is CC(C)(C)OC(=O)N1CCC(CCCN)([N+](=O)[O-])CC1. The van der Waals surface area contributed by atoms with Crippen LogP contribution in [0.25, 0.3) is 0 Å². The molecule has 1 rings (SSSR count). The van der Waals surface area contributed by atoms with E-state index in [1.807, 2.05) is 0 Å². The van der Waals surface area contributed by atoms with Crippen LogP contribution in [0.4, 0.5) is 4.79 Å². The summed E-state index contributed by atoms with van der Waals surface area (Å²) in [7, 11) is 0. The molecule has 116 valence electrons. The van der Waals surface area contributed by atoms with Gasteiger partial charge in [-0.15, -0.1) is 0 Å². The minimum Gasteiger partial charge on any atom is -0.444 e. The van der Waals surface area contributed by atoms with Gasteiger partial charge in [0.25, 0.3) is 0 Å². The number of amides is 1. The molecule has 0 unspecified atom stereocenters. The van der Waals surface area contributed by atoms with E-state index in [0.717, 1.165) is 0 Å². The highest BCUT2D eigenvalue weighted by Crippen LogP contribution is 2.30. The number of ether oxygens (including phenoxy) is 1. The van der Waals surface area contributed by atoms with Gasteiger partial charge < -0.3 is 15.4 Å². The molecule has 0 radical (unpaired) electrons. The molecular formula is C13H25N3O4. The number of nitrogens with two attached hydrogens (primary N) is 1. The molecule has 20 heavy (non-hydrogen) atoms. The molecule has 7 nitrogen and oxygen atoms in total. The Hall–Kier alpha value is -1.37. The fourth-order valence-electron chi connectivity index (χ4n) is 2.39. The van der Waals surface area contributed by atoms with Gasteiger partial charge >= 0.3 is 6.09 Å². The van der Waals surface area contributed by atoms with Crippen LogP contribution in [0.3, 0.4) is 0 Å². The van der Waals surface area contributed by atoms with Crippen molar-refractivity contribution in [2.45, 2.75) is 57.6 Å². The summed E-state index contributed by atoms with van der Waals surface area (Å²) in [4.78, 5) is 24.6. The molecule has 1 fully saturated rings. The first kappa shape index (κ1) is 16.7. The lowest BCUT2D eigenvalue weighted by Gasteiger charge is -2.36. The maximum Gasteiger partial charge on any atom is 0.410 e. The highest BCUT2D eigenvalue weighted by molar-refractivity contribution is 5.68. The van der Waals surface area contributed by atoms with E-state index in [4.69, 9.17) is 10.5 Å². The smallest absolute Gasteiger partial charge is 0.410 e. The topological polar surface area (TPSA) is 98.7 Å². The molecule has 2 N–H and O–H groups in total. The number of hydrogen-bond acceptors (Lipinski definition) is 5. The number of carbonyl (C=O) groups is 1. The number of nitro groups is 1. The molecule has 0 bridgehead atoms. The molecular weight excluding hydrogens is 262 g/mol. The van der Waals surface area contributed by atoms with Gasteiger partial charge in [-0.05, 0) is 33.7 Å². The predicted octanol–water partition coefficient (Wildman–Crippen LogP) is 1.77. The summed E-state index contributed by atoms with van der Waals surface area (Å²) in [6, 6.07) is 0. The summed E-state index contributed by atoms with van der Waals surface area (Å²) < 4.78 is 5.28. The van der Waals surface area contributed by atoms with Crippen LogP contribution in [-0.4, -0.2) is 46.7 Å². The van der Waals surface area contributed by atoms with E-state index < -0.39 is 17.2 Å². The van der Waals surface area contributed by atoms with Crippen LogP contribution in [0, 0.1) is 10.1 Å². The second-order valence-electron chi connectivity index (χ2n) is 6.34. The third-order valence-electron chi connectivity index (χ3n) is 3.58. The first-order valence-corrected chi connectivity index (χ1v) is 7.03. The lowest BCUT2D eigenvalue weighted by Crippen LogP contribution is -2.51. The van der Waals surface area contributed by atoms with Crippen molar-refractivity contribution in [3.05, 3.63) is 10.1 Å². The number of piperidine rings is 1. The van der Waals surface area contributed by atoms with Gasteiger partial charge in [-0.25, -0.2) is 4.79 Å². The molecule has 0 aliphatic carbocycles. The van der Waals surface area contributed by atoms with Gasteiger partial charge in [0, 0.05) is 37.3 Å². The van der Waals surface area contributed by atoms with Crippen LogP contribution in [-0.2, 0) is 4.74 Å². The molecule has 0 spiro atoms. The maximum atomic E-state index is 11.9. The van der Waals surface area contributed by atoms with E-state index in [1.54, 1.807) is 25.7 Å². The first-order chi connectivity index (χ1) is 9.20. The standard InChI is InChI=1S/C13H25N3O4/c1-12(2,3)20-11(17)15-9-6-13(7-10-15,16(18)19)5-4-8-14/h4-10,14H2,1-3H3. The highest BCUT2D eigenvalue weighted by Gasteiger charge is 2.46. The zero-order chi connectivity index (χ0) is 15.4. The molecule has 1 aliphatic rings. The number of rotatable bonds is 4. The van der Waals surface area contributed by atoms with E-state index in [9.17, 15) is 14.9 Å². The summed E-state index contributed by atoms with van der Waals surface area (Å²) in [6.07, 6.45) is 1.43. The molecule has 1 saturated heterocycles. The van der Waals surface area contributed by atoms with Crippen LogP contribution in [0.5, 0.6) is 0 Å². The first-order valence-electron chi connectivity index (χ1n) is 7.03. The molecule has 1 heterocycles. The van der Waals surface area contributed by atoms with Crippen molar-refractivity contribution in [3.63, 3.8) is 0 Å². The van der Waals surface area contributed by atoms with Crippen LogP contribution < -0.4 is 5.73 Å². The highest BCUT2D eigenvalue weighted by atomic mass is 16.6. The monoisotopic (exact) mass is 287 g/mol. The van der Waals surface area contributed by atoms with Crippen molar-refractivity contribution < 1.29 is 14.5 Å². The number of hydrogen-bond donors (Lipinski definition) is 1. The Labute approximate surface area is 119 Å². The quantitative estimate of drug-likeness (QED) is 0.627. The largest absolute Gasteiger partial charge is 0.444 e. The Kier molecular flexibility index (Phi) is 5.33. The van der Waals surface area contributed by atoms with Gasteiger partial charge in [-0.3, -0.25) is 10.1 Å². The summed E-state index contributed by atoms with van der Waals surface area (Å²) in [5.41, 5.74) is 3.96. The van der Waals surface area contributed by atoms with Gasteiger partial charge in [0.1, 0.15) is 5.60 Å². The lowest BCUT2D eigenvalue weighted by molar-refractivity contribution is -0.576. The Bertz CT molecular complexity index is 357. The van der Waals surface area contributed by atoms with Crippen molar-refractivity contribution in [3.8, 4) is 0 Å². The summed E-state index contributed by atoms with van der Waals surface area (Å²) >= 11 is 0. The minimum atomic E-state index is -0.933. The molecule has 0 aromatic rings. The van der Waals surface area contributed by atoms with E-state index in [2.05, 4.69) is 0 Å². The molecule has 0 atom stereocenters. The van der Waals surface area contributed by atoms with E-state index in [1.165, 1.54) is 0 Å². The average molecular weight is 287 g/mol. The molecule has 1 aliphatic heterocycles. The number of nitrogens with zero attached hydrogens (tertiary/aromatic N) is 2. The third-order valence-corrected chi connectivity index (χ3v) is 3.58. The van der Waals surface area contributed by atoms with Crippen LogP contribution >= 0.6 is 0 Å². The Morgan fingerprint density at radius 3 is 2.35 bits per heavy atom. The summed E-state index contributed by atoms with van der Waals surface area (Å²) in [5, 5.41) is 11.3. The van der Waals surface area contributed by atoms with Gasteiger partial charge in [-0.2, -0.15) is 0 Å². The van der Waals surface area contributed by atoms with Crippen LogP contribution in [0.2, 0.25) is 0 Å². The maximum absolute atomic E-state index is 11.9. The van der Waals surface area contributed by atoms with Gasteiger partial charge in [0.05, 0.1) is 0 Å². The molecule has 1 amide bonds. The van der Waals surface area contributed by atoms with Crippen molar-refractivity contribution in [2.24, 2.45) is 5.73 Å². The van der Waals surface area contributed by atoms with Crippen molar-refractivity contribution in [2.75, 3.05) is 19.6 Å². The van der Waals surface area contributed by atoms with E-state index in [0.29, 0.717) is 45.3 Å². The third kappa shape index (κ3) is 4.33. The van der Waals surface area contributed by atoms with Crippen molar-refractivity contribution >= 4 is 6.09 Å². The Morgan fingerprint density at radius 2 is 1.95 bits per heavy atom. The summed E-state index contributed by atoms with van der Waals surface area (Å²) in [6.45, 7) is 6.58. The molecule has 7 heteroatoms. The number of carbonyl (C=O) groups excluding carboxylic acids is 1. The van der Waals surface area contributed by atoms with Gasteiger partial charge in [-0.1, -0.05) is 0 Å². The minimum absolute atomic E-state index is 0.199. The molecule has 0 aromatic carbocycles. The second kappa shape index (κ2) is 6.39. The van der Waals surface area contributed by atoms with E-state index >= 15 is 0 Å². The predicted molar refractivity (Wildman–Crippen MR) is 75.1 cm³/mol. The normalized spacial score (nSPS) is 18.7. The van der Waals surface area contributed by atoms with Crippen LogP contribution in [0.1, 0.15) is 46.5 Å². The fraction of sp³-hybridized carbons (Fsp3) is 0.923. The van der Waals surface area contributed by atoms with Crippen LogP contribution in [0.15, 0.2) is 0 Å². The van der Waals surface area contributed by atoms with E-state index in [-0.39, 0.29) is 4.92 Å². The summed E-state index contributed by atoms with van der Waals surface area (Å²) in [5.74, 6) is 0. The zero-order valence-corrected chi connectivity index (χ0v) is 12.6. The molecule has 0 saturated carbocycles. The van der Waals surface area contributed by atoms with Gasteiger partial charge in [0.15, 0.2) is 0 Å². The Morgan fingerprint density at radius 1 is 1.40 bits per heavy atom. The zero-order valence-electron chi connectivity index (χ0n) is 12.6. The Balaban J connectivity index is 2.60. The fourth-order valence-corrected chi connectivity index (χ4v) is 2.39. The van der Waals surface area contributed by atoms with Crippen molar-refractivity contribution in [1.82, 2.24) is 4.90 Å². The molecule has 0 aromatic heterocycles.